The number of hydrogen-bond acceptors (Lipinski definition) is 9. The number of ether oxygens (including phenoxy) is 2. The number of aryl methyl sites for hydroxylation is 1. The fourth-order valence-corrected chi connectivity index (χ4v) is 9.63. The van der Waals surface area contributed by atoms with Crippen LogP contribution in [0.2, 0.25) is 0 Å². The van der Waals surface area contributed by atoms with Crippen molar-refractivity contribution in [2.24, 2.45) is 23.2 Å². The molecule has 54 heavy (non-hydrogen) atoms. The summed E-state index contributed by atoms with van der Waals surface area (Å²) in [6.07, 6.45) is 5.52. The third-order valence-electron chi connectivity index (χ3n) is 11.7. The maximum Gasteiger partial charge on any atom is 0.324 e. The van der Waals surface area contributed by atoms with E-state index in [2.05, 4.69) is 74.2 Å². The van der Waals surface area contributed by atoms with Crippen molar-refractivity contribution >= 4 is 40.0 Å². The minimum atomic E-state index is -0.828. The predicted molar refractivity (Wildman–Crippen MR) is 210 cm³/mol. The van der Waals surface area contributed by atoms with E-state index in [1.165, 1.54) is 16.3 Å². The maximum absolute atomic E-state index is 14.2. The first-order valence-corrected chi connectivity index (χ1v) is 20.5. The average Bonchev–Trinajstić information content (AvgIpc) is 3.58. The summed E-state index contributed by atoms with van der Waals surface area (Å²) in [5.74, 6) is -0.144. The first kappa shape index (κ1) is 38.2. The topological polar surface area (TPSA) is 128 Å². The quantitative estimate of drug-likeness (QED) is 0.187. The van der Waals surface area contributed by atoms with E-state index in [0.717, 1.165) is 69.1 Å². The average molecular weight is 755 g/mol. The maximum atomic E-state index is 14.2. The lowest BCUT2D eigenvalue weighted by atomic mass is 9.84. The highest BCUT2D eigenvalue weighted by Gasteiger charge is 2.52. The van der Waals surface area contributed by atoms with Crippen LogP contribution in [0.25, 0.3) is 33.4 Å². The molecule has 2 amide bonds. The van der Waals surface area contributed by atoms with E-state index in [4.69, 9.17) is 19.4 Å². The Hall–Kier alpha value is -4.13. The van der Waals surface area contributed by atoms with Gasteiger partial charge in [0.05, 0.1) is 34.8 Å². The van der Waals surface area contributed by atoms with Crippen LogP contribution in [-0.4, -0.2) is 69.7 Å². The summed E-state index contributed by atoms with van der Waals surface area (Å²) >= 11 is 1.50. The van der Waals surface area contributed by atoms with Gasteiger partial charge in [0.15, 0.2) is 0 Å². The molecule has 0 unspecified atom stereocenters. The van der Waals surface area contributed by atoms with Crippen LogP contribution in [0.5, 0.6) is 0 Å². The highest BCUT2D eigenvalue weighted by molar-refractivity contribution is 7.10. The van der Waals surface area contributed by atoms with Crippen molar-refractivity contribution < 1.29 is 23.9 Å². The largest absolute Gasteiger partial charge is 0.464 e. The van der Waals surface area contributed by atoms with Gasteiger partial charge in [0.1, 0.15) is 12.1 Å². The lowest BCUT2D eigenvalue weighted by Crippen LogP contribution is -2.60. The van der Waals surface area contributed by atoms with Crippen LogP contribution in [0.4, 0.5) is 0 Å². The number of fused-ring (bicyclic) bond motifs is 6. The number of esters is 1. The smallest absolute Gasteiger partial charge is 0.324 e. The van der Waals surface area contributed by atoms with Gasteiger partial charge >= 0.3 is 5.97 Å². The Morgan fingerprint density at radius 3 is 2.67 bits per heavy atom. The van der Waals surface area contributed by atoms with Crippen molar-refractivity contribution in [3.63, 3.8) is 0 Å². The molecule has 1 saturated heterocycles. The molecule has 1 saturated carbocycles. The molecule has 5 heterocycles. The van der Waals surface area contributed by atoms with Crippen molar-refractivity contribution in [2.45, 2.75) is 105 Å². The number of aromatic nitrogens is 3. The second-order valence-electron chi connectivity index (χ2n) is 15.9. The normalized spacial score (nSPS) is 24.9. The van der Waals surface area contributed by atoms with Crippen LogP contribution in [-0.2, 0) is 43.2 Å². The molecule has 288 valence electrons. The number of thiazole rings is 1. The van der Waals surface area contributed by atoms with Gasteiger partial charge in [-0.3, -0.25) is 24.4 Å². The van der Waals surface area contributed by atoms with E-state index in [1.54, 1.807) is 7.11 Å². The number of hydrazine groups is 1. The van der Waals surface area contributed by atoms with E-state index in [-0.39, 0.29) is 42.8 Å². The summed E-state index contributed by atoms with van der Waals surface area (Å²) in [7, 11) is 1.70. The summed E-state index contributed by atoms with van der Waals surface area (Å²) in [6.45, 7) is 14.0. The zero-order valence-electron chi connectivity index (χ0n) is 32.6. The van der Waals surface area contributed by atoms with Crippen LogP contribution in [0.3, 0.4) is 0 Å². The van der Waals surface area contributed by atoms with Gasteiger partial charge in [-0.2, -0.15) is 0 Å². The Morgan fingerprint density at radius 1 is 1.17 bits per heavy atom. The number of benzene rings is 1. The Kier molecular flexibility index (Phi) is 11.0. The zero-order valence-corrected chi connectivity index (χ0v) is 33.4. The van der Waals surface area contributed by atoms with E-state index < -0.39 is 17.5 Å². The zero-order chi connectivity index (χ0) is 38.3. The Morgan fingerprint density at radius 2 is 1.94 bits per heavy atom. The molecular weight excluding hydrogens is 701 g/mol. The number of nitrogens with zero attached hydrogens (tertiary/aromatic N) is 4. The summed E-state index contributed by atoms with van der Waals surface area (Å²) in [5, 5.41) is 8.54. The Balaban J connectivity index is 1.33. The molecule has 1 aromatic carbocycles. The third-order valence-corrected chi connectivity index (χ3v) is 12.6. The first-order valence-electron chi connectivity index (χ1n) is 19.6. The minimum Gasteiger partial charge on any atom is -0.464 e. The van der Waals surface area contributed by atoms with Gasteiger partial charge in [0, 0.05) is 71.6 Å². The van der Waals surface area contributed by atoms with E-state index in [9.17, 15) is 14.4 Å². The summed E-state index contributed by atoms with van der Waals surface area (Å²) in [4.78, 5) is 51.4. The van der Waals surface area contributed by atoms with Crippen molar-refractivity contribution in [1.82, 2.24) is 30.3 Å². The van der Waals surface area contributed by atoms with Gasteiger partial charge in [0.2, 0.25) is 5.91 Å². The second-order valence-corrected chi connectivity index (χ2v) is 16.9. The van der Waals surface area contributed by atoms with E-state index in [0.29, 0.717) is 37.6 Å². The van der Waals surface area contributed by atoms with Crippen LogP contribution in [0.15, 0.2) is 41.9 Å². The molecule has 11 nitrogen and oxygen atoms in total. The van der Waals surface area contributed by atoms with Crippen LogP contribution >= 0.6 is 11.3 Å². The molecule has 2 fully saturated rings. The molecule has 3 aliphatic rings. The monoisotopic (exact) mass is 754 g/mol. The van der Waals surface area contributed by atoms with Gasteiger partial charge in [-0.05, 0) is 74.8 Å². The molecule has 6 atom stereocenters. The first-order chi connectivity index (χ1) is 26.0. The molecule has 2 aliphatic heterocycles. The van der Waals surface area contributed by atoms with Crippen molar-refractivity contribution in [3.05, 3.63) is 58.2 Å². The molecule has 0 radical (unpaired) electrons. The Bertz CT molecular complexity index is 2030. The molecule has 4 aromatic rings. The lowest BCUT2D eigenvalue weighted by molar-refractivity contribution is -0.155. The van der Waals surface area contributed by atoms with Gasteiger partial charge < -0.3 is 19.4 Å². The molecule has 7 rings (SSSR count). The number of rotatable bonds is 8. The molecule has 2 N–H and O–H groups in total. The van der Waals surface area contributed by atoms with Crippen LogP contribution in [0, 0.1) is 23.2 Å². The predicted octanol–water partition coefficient (Wildman–Crippen LogP) is 6.88. The van der Waals surface area contributed by atoms with Crippen molar-refractivity contribution in [3.8, 4) is 22.5 Å². The molecular formula is C42H54N6O5S. The number of nitrogens with one attached hydrogen (secondary N) is 2. The number of cyclic esters (lactones) is 1. The number of methoxy groups -OCH3 is 1. The lowest BCUT2D eigenvalue weighted by Gasteiger charge is -2.35. The fraction of sp³-hybridized carbons (Fsp3) is 0.548. The van der Waals surface area contributed by atoms with E-state index >= 15 is 0 Å². The van der Waals surface area contributed by atoms with Gasteiger partial charge in [-0.1, -0.05) is 46.6 Å². The van der Waals surface area contributed by atoms with Crippen molar-refractivity contribution in [2.75, 3.05) is 20.3 Å². The molecule has 1 aliphatic carbocycles. The van der Waals surface area contributed by atoms with Gasteiger partial charge in [-0.25, -0.2) is 10.4 Å². The number of hydrogen-bond donors (Lipinski definition) is 2. The number of amides is 2. The fourth-order valence-electron chi connectivity index (χ4n) is 8.78. The molecule has 3 aromatic heterocycles. The molecule has 12 heteroatoms. The van der Waals surface area contributed by atoms with Gasteiger partial charge in [0.25, 0.3) is 5.91 Å². The number of pyridine rings is 1. The van der Waals surface area contributed by atoms with Crippen molar-refractivity contribution in [1.29, 1.82) is 0 Å². The summed E-state index contributed by atoms with van der Waals surface area (Å²) in [6, 6.07) is 9.07. The SMILES string of the molecule is CC[C@@H]1[C@H](CC)[C@H]1C(=O)N[C@H]1Cc2nc(cs2)-c2ccc3c(c2)c(c(-c2cccnc2[C@H](C)OC)n3CC)CC(C)(C)COC(=O)[C@@H]2CCCN(N2)C1=O. The Labute approximate surface area is 322 Å². The number of carbonyl (C=O) groups excluding carboxylic acids is 3. The summed E-state index contributed by atoms with van der Waals surface area (Å²) < 4.78 is 14.2. The van der Waals surface area contributed by atoms with Gasteiger partial charge in [-0.15, -0.1) is 11.3 Å². The van der Waals surface area contributed by atoms with Crippen LogP contribution in [0.1, 0.15) is 89.6 Å². The standard InChI is InChI=1S/C42H54N6O5S/c1-8-26-27(9-2)36(26)39(49)45-32-20-35-44-33(22-54-35)25-15-16-34-29(19-25)30(38(47(34)10-3)28-13-11-17-43-37(28)24(4)52-7)21-42(5,6)23-53-41(51)31-14-12-18-48(46-31)40(32)50/h11,13,15-17,19,22,24,26-27,31-32,36,46H,8-10,12,14,18,20-21,23H2,1-7H3,(H,45,49)/t24-,26-,27+,31-,32-,36+/m0/s1. The third kappa shape index (κ3) is 7.32. The highest BCUT2D eigenvalue weighted by Crippen LogP contribution is 2.50. The minimum absolute atomic E-state index is 0.0768. The highest BCUT2D eigenvalue weighted by atomic mass is 32.1. The molecule has 6 bridgehead atoms. The van der Waals surface area contributed by atoms with Crippen LogP contribution < -0.4 is 10.7 Å². The second kappa shape index (κ2) is 15.5. The summed E-state index contributed by atoms with van der Waals surface area (Å²) in [5.41, 5.74) is 9.72. The molecule has 0 spiro atoms. The van der Waals surface area contributed by atoms with E-state index in [1.807, 2.05) is 24.6 Å². The number of carbonyl (C=O) groups is 3.